The van der Waals surface area contributed by atoms with E-state index in [0.717, 1.165) is 17.7 Å². The van der Waals surface area contributed by atoms with Gasteiger partial charge in [-0.05, 0) is 41.0 Å². The van der Waals surface area contributed by atoms with E-state index in [-0.39, 0.29) is 23.4 Å². The van der Waals surface area contributed by atoms with Crippen molar-refractivity contribution in [1.29, 1.82) is 5.26 Å². The van der Waals surface area contributed by atoms with Crippen molar-refractivity contribution < 1.29 is 26.7 Å². The van der Waals surface area contributed by atoms with E-state index in [4.69, 9.17) is 0 Å². The van der Waals surface area contributed by atoms with E-state index in [1.54, 1.807) is 24.3 Å². The first-order chi connectivity index (χ1) is 15.2. The van der Waals surface area contributed by atoms with Crippen molar-refractivity contribution in [3.8, 4) is 22.9 Å². The molecule has 8 heteroatoms. The molecule has 1 aliphatic rings. The third kappa shape index (κ3) is 4.47. The van der Waals surface area contributed by atoms with E-state index in [9.17, 15) is 27.2 Å². The number of halogens is 5. The number of alkyl halides is 3. The van der Waals surface area contributed by atoms with E-state index in [1.807, 2.05) is 0 Å². The first-order valence-electron chi connectivity index (χ1n) is 9.62. The second-order valence-corrected chi connectivity index (χ2v) is 7.25. The molecule has 1 heterocycles. The van der Waals surface area contributed by atoms with Crippen LogP contribution in [0, 0.1) is 28.9 Å². The molecule has 3 aromatic rings. The van der Waals surface area contributed by atoms with Crippen molar-refractivity contribution in [2.24, 2.45) is 10.9 Å². The minimum absolute atomic E-state index is 0.126. The van der Waals surface area contributed by atoms with Crippen LogP contribution >= 0.6 is 0 Å². The highest BCUT2D eigenvalue weighted by atomic mass is 19.4. The molecule has 0 radical (unpaired) electrons. The number of aliphatic imine (C=N–C) groups is 1. The summed E-state index contributed by atoms with van der Waals surface area (Å²) in [7, 11) is 0. The molecule has 0 N–H and O–H groups in total. The standard InChI is InChI=1S/C24H15F5N2O/c25-19-2-1-3-20(26)22(19)21-12-17(13-30)23(31-21)16-6-4-14(5-7-16)15-8-10-18(11-9-15)32-24(27,28)29/h1-11,17,23H,12H2/t17-,23+/m1/s1. The molecular weight excluding hydrogens is 427 g/mol. The van der Waals surface area contributed by atoms with Crippen LogP contribution in [0.5, 0.6) is 5.75 Å². The van der Waals surface area contributed by atoms with Crippen molar-refractivity contribution >= 4 is 5.71 Å². The Bertz CT molecular complexity index is 1170. The maximum Gasteiger partial charge on any atom is 0.573 e. The summed E-state index contributed by atoms with van der Waals surface area (Å²) >= 11 is 0. The molecule has 2 atom stereocenters. The van der Waals surface area contributed by atoms with Gasteiger partial charge in [-0.2, -0.15) is 5.26 Å². The van der Waals surface area contributed by atoms with Gasteiger partial charge < -0.3 is 4.74 Å². The highest BCUT2D eigenvalue weighted by Gasteiger charge is 2.33. The summed E-state index contributed by atoms with van der Waals surface area (Å²) in [6, 6.07) is 17.6. The molecule has 0 spiro atoms. The van der Waals surface area contributed by atoms with E-state index in [2.05, 4.69) is 15.8 Å². The van der Waals surface area contributed by atoms with Crippen LogP contribution in [0.2, 0.25) is 0 Å². The van der Waals surface area contributed by atoms with Gasteiger partial charge in [-0.25, -0.2) is 8.78 Å². The molecule has 162 valence electrons. The Balaban J connectivity index is 1.58. The van der Waals surface area contributed by atoms with Gasteiger partial charge in [0.15, 0.2) is 0 Å². The van der Waals surface area contributed by atoms with E-state index in [0.29, 0.717) is 11.1 Å². The molecule has 0 amide bonds. The Morgan fingerprint density at radius 2 is 1.44 bits per heavy atom. The largest absolute Gasteiger partial charge is 0.573 e. The first-order valence-corrected chi connectivity index (χ1v) is 9.62. The highest BCUT2D eigenvalue weighted by Crippen LogP contribution is 2.38. The maximum atomic E-state index is 14.1. The Morgan fingerprint density at radius 3 is 1.97 bits per heavy atom. The molecule has 32 heavy (non-hydrogen) atoms. The molecule has 0 bridgehead atoms. The van der Waals surface area contributed by atoms with Crippen LogP contribution in [0.25, 0.3) is 11.1 Å². The van der Waals surface area contributed by atoms with Crippen LogP contribution in [-0.4, -0.2) is 12.1 Å². The zero-order valence-electron chi connectivity index (χ0n) is 16.4. The summed E-state index contributed by atoms with van der Waals surface area (Å²) in [5.41, 5.74) is 2.11. The average Bonchev–Trinajstić information content (AvgIpc) is 3.17. The number of nitrogens with zero attached hydrogens (tertiary/aromatic N) is 2. The van der Waals surface area contributed by atoms with Crippen LogP contribution in [-0.2, 0) is 0 Å². The summed E-state index contributed by atoms with van der Waals surface area (Å²) in [6.45, 7) is 0. The molecular formula is C24H15F5N2O. The van der Waals surface area contributed by atoms with Crippen LogP contribution < -0.4 is 4.74 Å². The third-order valence-electron chi connectivity index (χ3n) is 5.18. The summed E-state index contributed by atoms with van der Waals surface area (Å²) in [5.74, 6) is -2.35. The van der Waals surface area contributed by atoms with Gasteiger partial charge in [0.05, 0.1) is 29.3 Å². The Morgan fingerprint density at radius 1 is 0.875 bits per heavy atom. The minimum atomic E-state index is -4.76. The normalized spacial score (nSPS) is 18.2. The number of hydrogen-bond acceptors (Lipinski definition) is 3. The monoisotopic (exact) mass is 442 g/mol. The summed E-state index contributed by atoms with van der Waals surface area (Å²) in [6.07, 6.45) is -4.63. The summed E-state index contributed by atoms with van der Waals surface area (Å²) in [5, 5.41) is 9.54. The molecule has 0 unspecified atom stereocenters. The van der Waals surface area contributed by atoms with E-state index < -0.39 is 30.0 Å². The molecule has 3 aromatic carbocycles. The lowest BCUT2D eigenvalue weighted by atomic mass is 9.91. The summed E-state index contributed by atoms with van der Waals surface area (Å²) < 4.78 is 69.1. The van der Waals surface area contributed by atoms with E-state index >= 15 is 0 Å². The Kier molecular flexibility index (Phi) is 5.66. The Hall–Kier alpha value is -3.73. The number of benzene rings is 3. The fourth-order valence-electron chi connectivity index (χ4n) is 3.72. The van der Waals surface area contributed by atoms with Crippen LogP contribution in [0.15, 0.2) is 71.7 Å². The predicted molar refractivity (Wildman–Crippen MR) is 108 cm³/mol. The van der Waals surface area contributed by atoms with Gasteiger partial charge in [-0.15, -0.1) is 13.2 Å². The molecule has 4 rings (SSSR count). The molecule has 0 saturated carbocycles. The van der Waals surface area contributed by atoms with Gasteiger partial charge in [0.1, 0.15) is 17.4 Å². The van der Waals surface area contributed by atoms with Crippen molar-refractivity contribution in [3.05, 3.63) is 89.5 Å². The van der Waals surface area contributed by atoms with Gasteiger partial charge in [0.2, 0.25) is 0 Å². The van der Waals surface area contributed by atoms with Gasteiger partial charge >= 0.3 is 6.36 Å². The first kappa shape index (κ1) is 21.5. The van der Waals surface area contributed by atoms with Crippen LogP contribution in [0.1, 0.15) is 23.6 Å². The van der Waals surface area contributed by atoms with Gasteiger partial charge in [-0.3, -0.25) is 4.99 Å². The number of rotatable bonds is 4. The lowest BCUT2D eigenvalue weighted by Gasteiger charge is -2.13. The number of hydrogen-bond donors (Lipinski definition) is 0. The van der Waals surface area contributed by atoms with Gasteiger partial charge in [-0.1, -0.05) is 42.5 Å². The second-order valence-electron chi connectivity index (χ2n) is 7.25. The zero-order valence-corrected chi connectivity index (χ0v) is 16.4. The predicted octanol–water partition coefficient (Wildman–Crippen LogP) is 6.60. The zero-order chi connectivity index (χ0) is 22.9. The summed E-state index contributed by atoms with van der Waals surface area (Å²) in [4.78, 5) is 4.44. The quantitative estimate of drug-likeness (QED) is 0.427. The lowest BCUT2D eigenvalue weighted by Crippen LogP contribution is -2.16. The average molecular weight is 442 g/mol. The molecule has 0 fully saturated rings. The number of nitriles is 1. The smallest absolute Gasteiger partial charge is 0.406 e. The molecule has 0 saturated heterocycles. The molecule has 0 aromatic heterocycles. The van der Waals surface area contributed by atoms with Crippen molar-refractivity contribution in [1.82, 2.24) is 0 Å². The van der Waals surface area contributed by atoms with Crippen molar-refractivity contribution in [2.75, 3.05) is 0 Å². The second kappa shape index (κ2) is 8.42. The topological polar surface area (TPSA) is 45.4 Å². The number of ether oxygens (including phenoxy) is 1. The van der Waals surface area contributed by atoms with Crippen molar-refractivity contribution in [2.45, 2.75) is 18.8 Å². The lowest BCUT2D eigenvalue weighted by molar-refractivity contribution is -0.274. The third-order valence-corrected chi connectivity index (χ3v) is 5.18. The van der Waals surface area contributed by atoms with Gasteiger partial charge in [0, 0.05) is 6.42 Å². The molecule has 3 nitrogen and oxygen atoms in total. The van der Waals surface area contributed by atoms with E-state index in [1.165, 1.54) is 30.3 Å². The Labute approximate surface area is 180 Å². The fraction of sp³-hybridized carbons (Fsp3) is 0.167. The minimum Gasteiger partial charge on any atom is -0.406 e. The van der Waals surface area contributed by atoms with Crippen molar-refractivity contribution in [3.63, 3.8) is 0 Å². The molecule has 0 aliphatic carbocycles. The fourth-order valence-corrected chi connectivity index (χ4v) is 3.72. The van der Waals surface area contributed by atoms with Gasteiger partial charge in [0.25, 0.3) is 0 Å². The highest BCUT2D eigenvalue weighted by molar-refractivity contribution is 6.02. The van der Waals surface area contributed by atoms with Crippen LogP contribution in [0.3, 0.4) is 0 Å². The SMILES string of the molecule is N#C[C@H]1CC(c2c(F)cccc2F)=N[C@H]1c1ccc(-c2ccc(OC(F)(F)F)cc2)cc1. The molecule has 1 aliphatic heterocycles. The van der Waals surface area contributed by atoms with Crippen LogP contribution in [0.4, 0.5) is 22.0 Å². The maximum absolute atomic E-state index is 14.1.